The first-order chi connectivity index (χ1) is 7.97. The average Bonchev–Trinajstić information content (AvgIpc) is 2.54. The van der Waals surface area contributed by atoms with Crippen LogP contribution in [0.3, 0.4) is 0 Å². The van der Waals surface area contributed by atoms with E-state index in [1.54, 1.807) is 13.8 Å². The predicted octanol–water partition coefficient (Wildman–Crippen LogP) is 3.44. The minimum absolute atomic E-state index is 0. The zero-order chi connectivity index (χ0) is 14.1. The summed E-state index contributed by atoms with van der Waals surface area (Å²) in [5.41, 5.74) is -1.40. The van der Waals surface area contributed by atoms with Crippen molar-refractivity contribution in [1.82, 2.24) is 0 Å². The topological polar surface area (TPSA) is 34.1 Å². The standard InChI is InChI=1S/C16H25O2.Ru/c1-10-8-13(4)9-14(10,5)16(7,12(3)18)15(13,6)11(2)17;/h8,10H,9H2,1-7H3;/q-1;+1. The van der Waals surface area contributed by atoms with Crippen LogP contribution in [-0.2, 0) is 29.1 Å². The number of rotatable bonds is 2. The van der Waals surface area contributed by atoms with E-state index in [9.17, 15) is 9.59 Å². The predicted molar refractivity (Wildman–Crippen MR) is 71.9 cm³/mol. The zero-order valence-electron chi connectivity index (χ0n) is 13.0. The third-order valence-electron chi connectivity index (χ3n) is 7.05. The first-order valence-corrected chi connectivity index (χ1v) is 6.85. The number of Topliss-reactive ketones (excluding diaryl/α,β-unsaturated/α-hetero) is 2. The molecule has 109 valence electrons. The molecule has 0 aromatic carbocycles. The van der Waals surface area contributed by atoms with Gasteiger partial charge in [0, 0.05) is 10.8 Å². The van der Waals surface area contributed by atoms with Gasteiger partial charge in [-0.3, -0.25) is 9.59 Å². The van der Waals surface area contributed by atoms with Gasteiger partial charge in [-0.15, -0.1) is 5.41 Å². The molecule has 2 fully saturated rings. The van der Waals surface area contributed by atoms with Gasteiger partial charge in [0.05, 0.1) is 0 Å². The van der Waals surface area contributed by atoms with Gasteiger partial charge in [-0.25, -0.2) is 0 Å². The summed E-state index contributed by atoms with van der Waals surface area (Å²) in [5.74, 6) is 0.685. The smallest absolute Gasteiger partial charge is 0.318 e. The Morgan fingerprint density at radius 2 is 1.42 bits per heavy atom. The molecule has 0 heterocycles. The number of hydrogen-bond acceptors (Lipinski definition) is 2. The molecular formula is C16H25O2Ru. The van der Waals surface area contributed by atoms with E-state index in [1.165, 1.54) is 0 Å². The van der Waals surface area contributed by atoms with Crippen molar-refractivity contribution in [2.24, 2.45) is 27.6 Å². The first-order valence-electron chi connectivity index (χ1n) is 6.85. The van der Waals surface area contributed by atoms with Crippen molar-refractivity contribution < 1.29 is 29.1 Å². The molecule has 2 aliphatic rings. The van der Waals surface area contributed by atoms with Crippen molar-refractivity contribution in [3.8, 4) is 0 Å². The Hall–Kier alpha value is -0.0366. The molecule has 5 atom stereocenters. The Labute approximate surface area is 129 Å². The van der Waals surface area contributed by atoms with E-state index in [1.807, 2.05) is 13.8 Å². The molecule has 0 spiro atoms. The van der Waals surface area contributed by atoms with Crippen LogP contribution in [0.2, 0.25) is 0 Å². The molecule has 0 aromatic rings. The SMILES string of the molecule is CC(=O)C1(C)C2(C)[CH-]C(C)C(C)(C2)C1(C)C(C)=O.[Ru+]. The minimum Gasteiger partial charge on any atom is -0.318 e. The molecule has 0 aliphatic heterocycles. The summed E-state index contributed by atoms with van der Waals surface area (Å²) < 4.78 is 0. The van der Waals surface area contributed by atoms with Gasteiger partial charge in [0.2, 0.25) is 0 Å². The number of hydrogen-bond donors (Lipinski definition) is 0. The van der Waals surface area contributed by atoms with E-state index >= 15 is 0 Å². The van der Waals surface area contributed by atoms with E-state index in [-0.39, 0.29) is 41.9 Å². The summed E-state index contributed by atoms with van der Waals surface area (Å²) in [4.78, 5) is 24.8. The van der Waals surface area contributed by atoms with Crippen molar-refractivity contribution in [1.29, 1.82) is 0 Å². The van der Waals surface area contributed by atoms with Crippen LogP contribution in [0.5, 0.6) is 0 Å². The van der Waals surface area contributed by atoms with Crippen molar-refractivity contribution in [3.05, 3.63) is 6.42 Å². The fourth-order valence-electron chi connectivity index (χ4n) is 5.34. The maximum Gasteiger partial charge on any atom is 1.00 e. The summed E-state index contributed by atoms with van der Waals surface area (Å²) >= 11 is 0. The number of carbonyl (C=O) groups is 2. The molecule has 0 aromatic heterocycles. The van der Waals surface area contributed by atoms with E-state index in [0.29, 0.717) is 5.92 Å². The van der Waals surface area contributed by atoms with Crippen molar-refractivity contribution in [2.45, 2.75) is 54.9 Å². The molecule has 3 heteroatoms. The third kappa shape index (κ3) is 1.46. The Morgan fingerprint density at radius 1 is 1.00 bits per heavy atom. The van der Waals surface area contributed by atoms with Crippen molar-refractivity contribution in [2.75, 3.05) is 0 Å². The molecule has 5 unspecified atom stereocenters. The van der Waals surface area contributed by atoms with Crippen molar-refractivity contribution in [3.63, 3.8) is 0 Å². The maximum atomic E-state index is 12.4. The van der Waals surface area contributed by atoms with Gasteiger partial charge in [-0.1, -0.05) is 41.0 Å². The molecule has 0 saturated heterocycles. The molecule has 0 amide bonds. The largest absolute Gasteiger partial charge is 1.00 e. The summed E-state index contributed by atoms with van der Waals surface area (Å²) in [5, 5.41) is 0. The first kappa shape index (κ1) is 17.0. The second kappa shape index (κ2) is 4.23. The quantitative estimate of drug-likeness (QED) is 0.565. The Kier molecular flexibility index (Phi) is 3.79. The zero-order valence-corrected chi connectivity index (χ0v) is 14.8. The molecule has 2 aliphatic carbocycles. The molecule has 2 bridgehead atoms. The molecular weight excluding hydrogens is 325 g/mol. The fourth-order valence-corrected chi connectivity index (χ4v) is 5.34. The van der Waals surface area contributed by atoms with E-state index in [4.69, 9.17) is 0 Å². The van der Waals surface area contributed by atoms with Crippen LogP contribution in [0.25, 0.3) is 0 Å². The van der Waals surface area contributed by atoms with Gasteiger partial charge in [0.15, 0.2) is 0 Å². The van der Waals surface area contributed by atoms with Crippen molar-refractivity contribution >= 4 is 11.6 Å². The number of carbonyl (C=O) groups excluding carboxylic acids is 2. The van der Waals surface area contributed by atoms with Gasteiger partial charge in [-0.2, -0.15) is 5.92 Å². The maximum absolute atomic E-state index is 12.4. The summed E-state index contributed by atoms with van der Waals surface area (Å²) in [6, 6.07) is 0. The van der Waals surface area contributed by atoms with Crippen LogP contribution in [0.4, 0.5) is 0 Å². The van der Waals surface area contributed by atoms with E-state index in [2.05, 4.69) is 27.2 Å². The normalized spacial score (nSPS) is 51.8. The van der Waals surface area contributed by atoms with Crippen LogP contribution >= 0.6 is 0 Å². The summed E-state index contributed by atoms with van der Waals surface area (Å²) in [6.07, 6.45) is 3.26. The van der Waals surface area contributed by atoms with Crippen LogP contribution in [0, 0.1) is 34.0 Å². The van der Waals surface area contributed by atoms with Gasteiger partial charge in [0.25, 0.3) is 0 Å². The third-order valence-corrected chi connectivity index (χ3v) is 7.05. The van der Waals surface area contributed by atoms with Gasteiger partial charge < -0.3 is 6.42 Å². The average molecular weight is 350 g/mol. The van der Waals surface area contributed by atoms with Gasteiger partial charge in [-0.05, 0) is 19.3 Å². The monoisotopic (exact) mass is 351 g/mol. The molecule has 2 nitrogen and oxygen atoms in total. The minimum atomic E-state index is -0.576. The van der Waals surface area contributed by atoms with Crippen LogP contribution in [0.15, 0.2) is 0 Å². The van der Waals surface area contributed by atoms with Crippen LogP contribution < -0.4 is 0 Å². The van der Waals surface area contributed by atoms with E-state index < -0.39 is 10.8 Å². The molecule has 2 saturated carbocycles. The second-order valence-electron chi connectivity index (χ2n) is 7.33. The Morgan fingerprint density at radius 3 is 1.79 bits per heavy atom. The molecule has 0 N–H and O–H groups in total. The second-order valence-corrected chi connectivity index (χ2v) is 7.33. The van der Waals surface area contributed by atoms with E-state index in [0.717, 1.165) is 6.42 Å². The number of ketones is 2. The Bertz CT molecular complexity index is 446. The summed E-state index contributed by atoms with van der Waals surface area (Å²) in [6.45, 7) is 13.9. The van der Waals surface area contributed by atoms with Crippen LogP contribution in [-0.4, -0.2) is 11.6 Å². The van der Waals surface area contributed by atoms with Crippen LogP contribution in [0.1, 0.15) is 54.9 Å². The molecule has 19 heavy (non-hydrogen) atoms. The number of fused-ring (bicyclic) bond motifs is 2. The fraction of sp³-hybridized carbons (Fsp3) is 0.812. The summed E-state index contributed by atoms with van der Waals surface area (Å²) in [7, 11) is 0. The van der Waals surface area contributed by atoms with Gasteiger partial charge >= 0.3 is 19.5 Å². The van der Waals surface area contributed by atoms with Gasteiger partial charge in [0.1, 0.15) is 11.6 Å². The Balaban J connectivity index is 0.00000180. The molecule has 1 radical (unpaired) electrons. The molecule has 2 rings (SSSR count).